The van der Waals surface area contributed by atoms with Gasteiger partial charge in [-0.1, -0.05) is 64.5 Å². The molecule has 0 fully saturated rings. The van der Waals surface area contributed by atoms with Crippen LogP contribution in [0.1, 0.15) is 27.9 Å². The van der Waals surface area contributed by atoms with Crippen LogP contribution in [0.5, 0.6) is 0 Å². The lowest BCUT2D eigenvalue weighted by Crippen LogP contribution is -2.20. The number of nitrogens with zero attached hydrogens (tertiary/aromatic N) is 1. The van der Waals surface area contributed by atoms with Gasteiger partial charge in [-0.25, -0.2) is 0 Å². The fourth-order valence-electron chi connectivity index (χ4n) is 3.67. The van der Waals surface area contributed by atoms with Gasteiger partial charge in [0.05, 0.1) is 11.4 Å². The SMILES string of the molecule is Brc1cccc(C2=Nc3ccccc3C3Sc4ccccc4C23)c1. The van der Waals surface area contributed by atoms with E-state index in [2.05, 4.69) is 88.7 Å². The summed E-state index contributed by atoms with van der Waals surface area (Å²) in [6.07, 6.45) is 0. The Morgan fingerprint density at radius 3 is 2.50 bits per heavy atom. The summed E-state index contributed by atoms with van der Waals surface area (Å²) >= 11 is 5.58. The molecule has 0 aliphatic carbocycles. The Morgan fingerprint density at radius 1 is 0.833 bits per heavy atom. The molecular formula is C21H14BrNS. The minimum Gasteiger partial charge on any atom is -0.252 e. The predicted molar refractivity (Wildman–Crippen MR) is 105 cm³/mol. The molecule has 2 aliphatic rings. The van der Waals surface area contributed by atoms with E-state index in [0.29, 0.717) is 11.2 Å². The molecule has 0 spiro atoms. The van der Waals surface area contributed by atoms with Crippen molar-refractivity contribution in [1.29, 1.82) is 0 Å². The Bertz CT molecular complexity index is 979. The van der Waals surface area contributed by atoms with Crippen LogP contribution < -0.4 is 0 Å². The van der Waals surface area contributed by atoms with E-state index >= 15 is 0 Å². The zero-order valence-electron chi connectivity index (χ0n) is 12.8. The number of benzene rings is 3. The molecule has 0 radical (unpaired) electrons. The quantitative estimate of drug-likeness (QED) is 0.460. The average molecular weight is 392 g/mol. The fraction of sp³-hybridized carbons (Fsp3) is 0.0952. The first-order chi connectivity index (χ1) is 11.8. The number of halogens is 1. The smallest absolute Gasteiger partial charge is 0.0677 e. The molecule has 0 amide bonds. The van der Waals surface area contributed by atoms with Gasteiger partial charge in [0.15, 0.2) is 0 Å². The van der Waals surface area contributed by atoms with Gasteiger partial charge in [-0.05, 0) is 41.0 Å². The van der Waals surface area contributed by atoms with Crippen LogP contribution in [0, 0.1) is 0 Å². The van der Waals surface area contributed by atoms with Crippen molar-refractivity contribution in [2.75, 3.05) is 0 Å². The number of fused-ring (bicyclic) bond motifs is 5. The molecule has 24 heavy (non-hydrogen) atoms. The van der Waals surface area contributed by atoms with Crippen molar-refractivity contribution in [3.63, 3.8) is 0 Å². The molecule has 0 saturated heterocycles. The topological polar surface area (TPSA) is 12.4 Å². The lowest BCUT2D eigenvalue weighted by atomic mass is 9.82. The highest BCUT2D eigenvalue weighted by molar-refractivity contribution is 9.10. The molecule has 0 saturated carbocycles. The maximum absolute atomic E-state index is 5.08. The van der Waals surface area contributed by atoms with Gasteiger partial charge in [0, 0.05) is 20.5 Å². The number of hydrogen-bond acceptors (Lipinski definition) is 2. The monoisotopic (exact) mass is 391 g/mol. The van der Waals surface area contributed by atoms with Gasteiger partial charge in [-0.2, -0.15) is 0 Å². The van der Waals surface area contributed by atoms with Crippen molar-refractivity contribution in [1.82, 2.24) is 0 Å². The summed E-state index contributed by atoms with van der Waals surface area (Å²) in [6, 6.07) is 25.8. The molecule has 5 rings (SSSR count). The largest absolute Gasteiger partial charge is 0.252 e. The molecule has 2 aliphatic heterocycles. The van der Waals surface area contributed by atoms with Gasteiger partial charge in [0.1, 0.15) is 0 Å². The van der Waals surface area contributed by atoms with Gasteiger partial charge < -0.3 is 0 Å². The molecule has 0 bridgehead atoms. The van der Waals surface area contributed by atoms with Crippen molar-refractivity contribution >= 4 is 39.1 Å². The van der Waals surface area contributed by atoms with E-state index in [1.54, 1.807) is 0 Å². The number of aliphatic imine (C=N–C) groups is 1. The highest BCUT2D eigenvalue weighted by Gasteiger charge is 2.41. The Hall–Kier alpha value is -1.84. The Morgan fingerprint density at radius 2 is 1.62 bits per heavy atom. The van der Waals surface area contributed by atoms with Crippen LogP contribution in [0.4, 0.5) is 5.69 Å². The van der Waals surface area contributed by atoms with Crippen molar-refractivity contribution in [2.24, 2.45) is 4.99 Å². The van der Waals surface area contributed by atoms with Crippen molar-refractivity contribution in [3.8, 4) is 0 Å². The number of para-hydroxylation sites is 1. The van der Waals surface area contributed by atoms with Crippen LogP contribution in [-0.4, -0.2) is 5.71 Å². The molecular weight excluding hydrogens is 378 g/mol. The van der Waals surface area contributed by atoms with E-state index in [1.165, 1.54) is 27.3 Å². The molecule has 1 nitrogen and oxygen atoms in total. The van der Waals surface area contributed by atoms with Gasteiger partial charge in [-0.3, -0.25) is 4.99 Å². The zero-order valence-corrected chi connectivity index (χ0v) is 15.2. The lowest BCUT2D eigenvalue weighted by Gasteiger charge is -2.28. The number of thioether (sulfide) groups is 1. The van der Waals surface area contributed by atoms with E-state index in [1.807, 2.05) is 11.8 Å². The van der Waals surface area contributed by atoms with E-state index in [0.717, 1.165) is 10.2 Å². The summed E-state index contributed by atoms with van der Waals surface area (Å²) in [7, 11) is 0. The van der Waals surface area contributed by atoms with Crippen molar-refractivity contribution in [2.45, 2.75) is 16.1 Å². The van der Waals surface area contributed by atoms with E-state index in [-0.39, 0.29) is 0 Å². The highest BCUT2D eigenvalue weighted by Crippen LogP contribution is 2.59. The van der Waals surface area contributed by atoms with Gasteiger partial charge in [0.2, 0.25) is 0 Å². The predicted octanol–water partition coefficient (Wildman–Crippen LogP) is 6.51. The van der Waals surface area contributed by atoms with Crippen LogP contribution in [0.2, 0.25) is 0 Å². The zero-order chi connectivity index (χ0) is 16.1. The molecule has 2 atom stereocenters. The van der Waals surface area contributed by atoms with Crippen LogP contribution in [0.3, 0.4) is 0 Å². The number of rotatable bonds is 1. The third-order valence-electron chi connectivity index (χ3n) is 4.71. The van der Waals surface area contributed by atoms with Gasteiger partial charge in [0.25, 0.3) is 0 Å². The molecule has 2 unspecified atom stereocenters. The first kappa shape index (κ1) is 14.5. The molecule has 3 aromatic carbocycles. The van der Waals surface area contributed by atoms with Crippen LogP contribution in [-0.2, 0) is 0 Å². The highest BCUT2D eigenvalue weighted by atomic mass is 79.9. The standard InChI is InChI=1S/C21H14BrNS/c22-14-7-5-6-13(12-14)20-19-16-9-2-4-11-18(16)24-21(19)15-8-1-3-10-17(15)23-20/h1-12,19,21H. The maximum Gasteiger partial charge on any atom is 0.0677 e. The Kier molecular flexibility index (Phi) is 3.39. The second-order valence-electron chi connectivity index (χ2n) is 6.12. The average Bonchev–Trinajstić information content (AvgIpc) is 3.01. The summed E-state index contributed by atoms with van der Waals surface area (Å²) in [5.41, 5.74) is 6.24. The minimum atomic E-state index is 0.315. The molecule has 3 heteroatoms. The second-order valence-corrected chi connectivity index (χ2v) is 8.22. The first-order valence-electron chi connectivity index (χ1n) is 8.00. The van der Waals surface area contributed by atoms with Gasteiger partial charge in [-0.15, -0.1) is 11.8 Å². The molecule has 2 heterocycles. The fourth-order valence-corrected chi connectivity index (χ4v) is 5.57. The van der Waals surface area contributed by atoms with Crippen LogP contribution in [0.25, 0.3) is 0 Å². The van der Waals surface area contributed by atoms with E-state index in [9.17, 15) is 0 Å². The summed E-state index contributed by atoms with van der Waals surface area (Å²) in [5, 5.41) is 0.407. The third-order valence-corrected chi connectivity index (χ3v) is 6.61. The number of hydrogen-bond donors (Lipinski definition) is 0. The minimum absolute atomic E-state index is 0.315. The Labute approximate surface area is 154 Å². The lowest BCUT2D eigenvalue weighted by molar-refractivity contribution is 0.850. The summed E-state index contributed by atoms with van der Waals surface area (Å²) in [4.78, 5) is 6.46. The third kappa shape index (κ3) is 2.19. The summed E-state index contributed by atoms with van der Waals surface area (Å²) in [5.74, 6) is 0.315. The molecule has 3 aromatic rings. The summed E-state index contributed by atoms with van der Waals surface area (Å²) in [6.45, 7) is 0. The molecule has 0 aromatic heterocycles. The van der Waals surface area contributed by atoms with Gasteiger partial charge >= 0.3 is 0 Å². The van der Waals surface area contributed by atoms with E-state index in [4.69, 9.17) is 4.99 Å². The molecule has 0 N–H and O–H groups in total. The second kappa shape index (κ2) is 5.61. The maximum atomic E-state index is 5.08. The van der Waals surface area contributed by atoms with Crippen LogP contribution >= 0.6 is 27.7 Å². The molecule has 116 valence electrons. The normalized spacial score (nSPS) is 20.8. The van der Waals surface area contributed by atoms with E-state index < -0.39 is 0 Å². The van der Waals surface area contributed by atoms with Crippen LogP contribution in [0.15, 0.2) is 87.2 Å². The summed E-state index contributed by atoms with van der Waals surface area (Å²) < 4.78 is 1.09. The van der Waals surface area contributed by atoms with Crippen molar-refractivity contribution < 1.29 is 0 Å². The first-order valence-corrected chi connectivity index (χ1v) is 9.67. The van der Waals surface area contributed by atoms with Crippen molar-refractivity contribution in [3.05, 3.63) is 94.0 Å². The Balaban J connectivity index is 1.77.